The Bertz CT molecular complexity index is 407. The number of Topliss-reactive ketones (excluding diaryl/α,β-unsaturated/α-hetero) is 1. The number of halogens is 1. The van der Waals surface area contributed by atoms with Gasteiger partial charge in [0.2, 0.25) is 0 Å². The summed E-state index contributed by atoms with van der Waals surface area (Å²) in [6.45, 7) is 1.43. The highest BCUT2D eigenvalue weighted by Gasteiger charge is 2.13. The maximum absolute atomic E-state index is 11.2. The Morgan fingerprint density at radius 1 is 1.62 bits per heavy atom. The second-order valence-corrected chi connectivity index (χ2v) is 3.72. The van der Waals surface area contributed by atoms with Crippen molar-refractivity contribution in [1.29, 1.82) is 5.26 Å². The fourth-order valence-electron chi connectivity index (χ4n) is 1.06. The van der Waals surface area contributed by atoms with Crippen LogP contribution >= 0.6 is 22.6 Å². The van der Waals surface area contributed by atoms with Crippen molar-refractivity contribution in [3.63, 3.8) is 0 Å². The lowest BCUT2D eigenvalue weighted by atomic mass is 10.0. The molecule has 0 fully saturated rings. The van der Waals surface area contributed by atoms with Crippen LogP contribution in [0.1, 0.15) is 22.8 Å². The van der Waals surface area contributed by atoms with E-state index in [2.05, 4.69) is 0 Å². The molecule has 0 aliphatic rings. The van der Waals surface area contributed by atoms with Gasteiger partial charge in [-0.1, -0.05) is 0 Å². The molecule has 1 aromatic carbocycles. The van der Waals surface area contributed by atoms with Crippen LogP contribution in [0.2, 0.25) is 0 Å². The number of nitrogens with two attached hydrogens (primary N) is 1. The number of nitriles is 1. The van der Waals surface area contributed by atoms with Gasteiger partial charge in [0, 0.05) is 3.57 Å². The number of nitrogens with zero attached hydrogens (tertiary/aromatic N) is 1. The van der Waals surface area contributed by atoms with Gasteiger partial charge >= 0.3 is 0 Å². The number of anilines is 1. The van der Waals surface area contributed by atoms with Crippen LogP contribution in [0, 0.1) is 14.9 Å². The van der Waals surface area contributed by atoms with E-state index in [0.29, 0.717) is 11.3 Å². The molecular formula is C9H7IN2O. The zero-order valence-corrected chi connectivity index (χ0v) is 9.12. The van der Waals surface area contributed by atoms with E-state index in [4.69, 9.17) is 11.0 Å². The van der Waals surface area contributed by atoms with E-state index in [9.17, 15) is 4.79 Å². The zero-order valence-electron chi connectivity index (χ0n) is 6.97. The quantitative estimate of drug-likeness (QED) is 0.487. The van der Waals surface area contributed by atoms with Crippen molar-refractivity contribution in [2.24, 2.45) is 0 Å². The van der Waals surface area contributed by atoms with E-state index in [1.807, 2.05) is 28.7 Å². The first kappa shape index (κ1) is 9.99. The molecule has 4 heteroatoms. The Kier molecular flexibility index (Phi) is 2.88. The van der Waals surface area contributed by atoms with E-state index in [1.54, 1.807) is 12.1 Å². The maximum Gasteiger partial charge on any atom is 0.162 e. The number of carbonyl (C=O) groups excluding carboxylic acids is 1. The summed E-state index contributed by atoms with van der Waals surface area (Å²) in [5, 5.41) is 8.79. The van der Waals surface area contributed by atoms with E-state index >= 15 is 0 Å². The van der Waals surface area contributed by atoms with E-state index < -0.39 is 0 Å². The van der Waals surface area contributed by atoms with Crippen molar-refractivity contribution in [2.45, 2.75) is 6.92 Å². The van der Waals surface area contributed by atoms with Crippen LogP contribution in [-0.2, 0) is 0 Å². The Hall–Kier alpha value is -1.09. The van der Waals surface area contributed by atoms with Gasteiger partial charge in [0.15, 0.2) is 5.78 Å². The molecule has 66 valence electrons. The molecule has 0 radical (unpaired) electrons. The summed E-state index contributed by atoms with van der Waals surface area (Å²) < 4.78 is 0.760. The average Bonchev–Trinajstić information content (AvgIpc) is 2.07. The largest absolute Gasteiger partial charge is 0.398 e. The number of rotatable bonds is 1. The summed E-state index contributed by atoms with van der Waals surface area (Å²) in [7, 11) is 0. The van der Waals surface area contributed by atoms with Crippen LogP contribution in [0.15, 0.2) is 12.1 Å². The fraction of sp³-hybridized carbons (Fsp3) is 0.111. The molecule has 0 bridgehead atoms. The van der Waals surface area contributed by atoms with E-state index in [1.165, 1.54) is 6.92 Å². The van der Waals surface area contributed by atoms with Crippen molar-refractivity contribution >= 4 is 34.1 Å². The summed E-state index contributed by atoms with van der Waals surface area (Å²) in [4.78, 5) is 11.2. The summed E-state index contributed by atoms with van der Waals surface area (Å²) in [6.07, 6.45) is 0. The molecule has 0 saturated heterocycles. The minimum Gasteiger partial charge on any atom is -0.398 e. The molecule has 0 atom stereocenters. The molecule has 0 aliphatic heterocycles. The lowest BCUT2D eigenvalue weighted by Crippen LogP contribution is -2.03. The van der Waals surface area contributed by atoms with Gasteiger partial charge in [-0.25, -0.2) is 0 Å². The molecule has 2 N–H and O–H groups in total. The van der Waals surface area contributed by atoms with Gasteiger partial charge < -0.3 is 5.73 Å². The summed E-state index contributed by atoms with van der Waals surface area (Å²) >= 11 is 2.01. The normalized spacial score (nSPS) is 9.31. The molecular weight excluding hydrogens is 279 g/mol. The molecule has 0 unspecified atom stereocenters. The van der Waals surface area contributed by atoms with Crippen LogP contribution in [-0.4, -0.2) is 5.78 Å². The number of nitrogen functional groups attached to an aromatic ring is 1. The monoisotopic (exact) mass is 286 g/mol. The maximum atomic E-state index is 11.2. The van der Waals surface area contributed by atoms with Crippen molar-refractivity contribution in [3.8, 4) is 6.07 Å². The Balaban J connectivity index is 3.55. The summed E-state index contributed by atoms with van der Waals surface area (Å²) in [6, 6.07) is 5.30. The zero-order chi connectivity index (χ0) is 10.0. The number of hydrogen-bond donors (Lipinski definition) is 1. The predicted octanol–water partition coefficient (Wildman–Crippen LogP) is 1.95. The third kappa shape index (κ3) is 1.80. The first-order valence-electron chi connectivity index (χ1n) is 3.57. The second kappa shape index (κ2) is 3.75. The van der Waals surface area contributed by atoms with Crippen molar-refractivity contribution in [2.75, 3.05) is 5.73 Å². The first-order valence-corrected chi connectivity index (χ1v) is 4.64. The van der Waals surface area contributed by atoms with E-state index in [0.717, 1.165) is 3.57 Å². The van der Waals surface area contributed by atoms with Gasteiger partial charge in [-0.15, -0.1) is 0 Å². The van der Waals surface area contributed by atoms with Crippen molar-refractivity contribution < 1.29 is 4.79 Å². The Morgan fingerprint density at radius 3 is 2.62 bits per heavy atom. The van der Waals surface area contributed by atoms with Gasteiger partial charge in [-0.3, -0.25) is 4.79 Å². The van der Waals surface area contributed by atoms with Gasteiger partial charge in [-0.05, 0) is 41.6 Å². The number of hydrogen-bond acceptors (Lipinski definition) is 3. The highest BCUT2D eigenvalue weighted by molar-refractivity contribution is 14.1. The molecule has 0 aliphatic carbocycles. The minimum atomic E-state index is -0.131. The number of ketones is 1. The lowest BCUT2D eigenvalue weighted by molar-refractivity contribution is 0.101. The summed E-state index contributed by atoms with van der Waals surface area (Å²) in [5.74, 6) is -0.131. The van der Waals surface area contributed by atoms with Gasteiger partial charge in [0.05, 0.1) is 16.8 Å². The van der Waals surface area contributed by atoms with Crippen LogP contribution in [0.5, 0.6) is 0 Å². The highest BCUT2D eigenvalue weighted by Crippen LogP contribution is 2.22. The first-order chi connectivity index (χ1) is 6.07. The molecule has 1 rings (SSSR count). The molecule has 13 heavy (non-hydrogen) atoms. The highest BCUT2D eigenvalue weighted by atomic mass is 127. The Labute approximate surface area is 89.7 Å². The molecule has 1 aromatic rings. The van der Waals surface area contributed by atoms with Gasteiger partial charge in [0.1, 0.15) is 6.07 Å². The molecule has 0 heterocycles. The standard InChI is InChI=1S/C9H7IN2O/c1-5(13)9-6(4-11)8(12)3-2-7(9)10/h2-3H,12H2,1H3. The molecule has 0 aromatic heterocycles. The SMILES string of the molecule is CC(=O)c1c(I)ccc(N)c1C#N. The molecule has 3 nitrogen and oxygen atoms in total. The fourth-order valence-corrected chi connectivity index (χ4v) is 1.89. The smallest absolute Gasteiger partial charge is 0.162 e. The Morgan fingerprint density at radius 2 is 2.23 bits per heavy atom. The van der Waals surface area contributed by atoms with Crippen LogP contribution in [0.3, 0.4) is 0 Å². The average molecular weight is 286 g/mol. The molecule has 0 saturated carbocycles. The van der Waals surface area contributed by atoms with E-state index in [-0.39, 0.29) is 11.3 Å². The second-order valence-electron chi connectivity index (χ2n) is 2.55. The molecule has 0 amide bonds. The van der Waals surface area contributed by atoms with Crippen molar-refractivity contribution in [3.05, 3.63) is 26.8 Å². The number of benzene rings is 1. The third-order valence-corrected chi connectivity index (χ3v) is 2.55. The number of carbonyl (C=O) groups is 1. The molecule has 0 spiro atoms. The van der Waals surface area contributed by atoms with Gasteiger partial charge in [0.25, 0.3) is 0 Å². The van der Waals surface area contributed by atoms with Crippen LogP contribution in [0.4, 0.5) is 5.69 Å². The third-order valence-electron chi connectivity index (χ3n) is 1.65. The summed E-state index contributed by atoms with van der Waals surface area (Å²) in [5.41, 5.74) is 6.61. The topological polar surface area (TPSA) is 66.9 Å². The van der Waals surface area contributed by atoms with Gasteiger partial charge in [-0.2, -0.15) is 5.26 Å². The minimum absolute atomic E-state index is 0.131. The van der Waals surface area contributed by atoms with Crippen molar-refractivity contribution in [1.82, 2.24) is 0 Å². The lowest BCUT2D eigenvalue weighted by Gasteiger charge is -2.04. The van der Waals surface area contributed by atoms with Crippen LogP contribution < -0.4 is 5.73 Å². The van der Waals surface area contributed by atoms with Crippen LogP contribution in [0.25, 0.3) is 0 Å². The predicted molar refractivity (Wildman–Crippen MR) is 58.3 cm³/mol.